The van der Waals surface area contributed by atoms with Gasteiger partial charge in [0.05, 0.1) is 22.3 Å². The third kappa shape index (κ3) is 4.09. The molecule has 2 atom stereocenters. The standard InChI is InChI=1S/C15H20Cl2O2/c16-12-7-6-10(8-13(12)17)9-14(18)15(19)11-4-2-1-3-5-11/h6-8,11,14-15,18-19H,1-5,9H2. The molecule has 0 aliphatic heterocycles. The van der Waals surface area contributed by atoms with E-state index in [1.807, 2.05) is 6.07 Å². The molecule has 0 spiro atoms. The Kier molecular flexibility index (Phi) is 5.52. The van der Waals surface area contributed by atoms with Crippen molar-refractivity contribution in [1.29, 1.82) is 0 Å². The molecule has 0 aromatic heterocycles. The van der Waals surface area contributed by atoms with E-state index >= 15 is 0 Å². The predicted molar refractivity (Wildman–Crippen MR) is 78.8 cm³/mol. The summed E-state index contributed by atoms with van der Waals surface area (Å²) >= 11 is 11.8. The first kappa shape index (κ1) is 15.1. The van der Waals surface area contributed by atoms with Gasteiger partial charge in [0.1, 0.15) is 0 Å². The Balaban J connectivity index is 1.95. The molecule has 0 bridgehead atoms. The summed E-state index contributed by atoms with van der Waals surface area (Å²) in [4.78, 5) is 0. The summed E-state index contributed by atoms with van der Waals surface area (Å²) in [7, 11) is 0. The van der Waals surface area contributed by atoms with Gasteiger partial charge in [-0.1, -0.05) is 48.5 Å². The molecule has 1 saturated carbocycles. The van der Waals surface area contributed by atoms with Crippen LogP contribution < -0.4 is 0 Å². The van der Waals surface area contributed by atoms with Crippen molar-refractivity contribution >= 4 is 23.2 Å². The second-order valence-electron chi connectivity index (χ2n) is 5.41. The van der Waals surface area contributed by atoms with Crippen molar-refractivity contribution in [2.45, 2.75) is 50.7 Å². The number of aliphatic hydroxyl groups is 2. The maximum Gasteiger partial charge on any atom is 0.0842 e. The lowest BCUT2D eigenvalue weighted by Crippen LogP contribution is -2.36. The molecule has 1 aromatic rings. The van der Waals surface area contributed by atoms with Crippen LogP contribution in [-0.2, 0) is 6.42 Å². The zero-order valence-electron chi connectivity index (χ0n) is 10.9. The molecule has 1 fully saturated rings. The number of aliphatic hydroxyl groups excluding tert-OH is 2. The highest BCUT2D eigenvalue weighted by Gasteiger charge is 2.27. The summed E-state index contributed by atoms with van der Waals surface area (Å²) in [5.74, 6) is 0.228. The molecule has 0 radical (unpaired) electrons. The van der Waals surface area contributed by atoms with Crippen molar-refractivity contribution in [3.8, 4) is 0 Å². The molecule has 19 heavy (non-hydrogen) atoms. The molecule has 1 aliphatic rings. The van der Waals surface area contributed by atoms with Gasteiger partial charge < -0.3 is 10.2 Å². The Bertz CT molecular complexity index is 417. The lowest BCUT2D eigenvalue weighted by atomic mass is 9.82. The van der Waals surface area contributed by atoms with E-state index in [-0.39, 0.29) is 5.92 Å². The molecule has 2 nitrogen and oxygen atoms in total. The predicted octanol–water partition coefficient (Wildman–Crippen LogP) is 3.84. The highest BCUT2D eigenvalue weighted by molar-refractivity contribution is 6.42. The van der Waals surface area contributed by atoms with Gasteiger partial charge >= 0.3 is 0 Å². The summed E-state index contributed by atoms with van der Waals surface area (Å²) in [6, 6.07) is 5.31. The van der Waals surface area contributed by atoms with Crippen LogP contribution in [0.2, 0.25) is 10.0 Å². The van der Waals surface area contributed by atoms with Crippen LogP contribution in [0.3, 0.4) is 0 Å². The van der Waals surface area contributed by atoms with Crippen molar-refractivity contribution in [2.24, 2.45) is 5.92 Å². The first-order chi connectivity index (χ1) is 9.08. The van der Waals surface area contributed by atoms with Gasteiger partial charge in [-0.2, -0.15) is 0 Å². The van der Waals surface area contributed by atoms with Gasteiger partial charge in [-0.15, -0.1) is 0 Å². The Morgan fingerprint density at radius 2 is 1.74 bits per heavy atom. The SMILES string of the molecule is OC(Cc1ccc(Cl)c(Cl)c1)C(O)C1CCCCC1. The van der Waals surface area contributed by atoms with Crippen LogP contribution >= 0.6 is 23.2 Å². The van der Waals surface area contributed by atoms with Crippen LogP contribution in [0.5, 0.6) is 0 Å². The summed E-state index contributed by atoms with van der Waals surface area (Å²) in [6.45, 7) is 0. The zero-order valence-corrected chi connectivity index (χ0v) is 12.4. The minimum atomic E-state index is -0.736. The van der Waals surface area contributed by atoms with Crippen LogP contribution in [0, 0.1) is 5.92 Å². The highest BCUT2D eigenvalue weighted by atomic mass is 35.5. The monoisotopic (exact) mass is 302 g/mol. The number of halogens is 2. The topological polar surface area (TPSA) is 40.5 Å². The van der Waals surface area contributed by atoms with Gasteiger partial charge in [-0.3, -0.25) is 0 Å². The molecule has 106 valence electrons. The summed E-state index contributed by atoms with van der Waals surface area (Å²) < 4.78 is 0. The van der Waals surface area contributed by atoms with Crippen LogP contribution in [0.1, 0.15) is 37.7 Å². The fourth-order valence-corrected chi connectivity index (χ4v) is 3.14. The molecular formula is C15H20Cl2O2. The Morgan fingerprint density at radius 3 is 2.37 bits per heavy atom. The van der Waals surface area contributed by atoms with Crippen molar-refractivity contribution in [3.05, 3.63) is 33.8 Å². The molecule has 2 unspecified atom stereocenters. The first-order valence-electron chi connectivity index (χ1n) is 6.88. The van der Waals surface area contributed by atoms with Gasteiger partial charge in [0.15, 0.2) is 0 Å². The molecule has 4 heteroatoms. The zero-order chi connectivity index (χ0) is 13.8. The van der Waals surface area contributed by atoms with Crippen LogP contribution in [0.25, 0.3) is 0 Å². The maximum atomic E-state index is 10.2. The molecule has 0 saturated heterocycles. The van der Waals surface area contributed by atoms with Crippen molar-refractivity contribution < 1.29 is 10.2 Å². The van der Waals surface area contributed by atoms with Crippen molar-refractivity contribution in [2.75, 3.05) is 0 Å². The number of hydrogen-bond acceptors (Lipinski definition) is 2. The van der Waals surface area contributed by atoms with E-state index in [4.69, 9.17) is 23.2 Å². The summed E-state index contributed by atoms with van der Waals surface area (Å²) in [5.41, 5.74) is 0.900. The van der Waals surface area contributed by atoms with Crippen LogP contribution in [-0.4, -0.2) is 22.4 Å². The van der Waals surface area contributed by atoms with Gasteiger partial charge in [0, 0.05) is 6.42 Å². The van der Waals surface area contributed by atoms with Gasteiger partial charge in [-0.25, -0.2) is 0 Å². The average molecular weight is 303 g/mol. The van der Waals surface area contributed by atoms with Crippen LogP contribution in [0.15, 0.2) is 18.2 Å². The number of hydrogen-bond donors (Lipinski definition) is 2. The molecule has 1 aliphatic carbocycles. The number of benzene rings is 1. The summed E-state index contributed by atoms with van der Waals surface area (Å²) in [6.07, 6.45) is 4.61. The van der Waals surface area contributed by atoms with E-state index in [2.05, 4.69) is 0 Å². The molecular weight excluding hydrogens is 283 g/mol. The van der Waals surface area contributed by atoms with Gasteiger partial charge in [0.2, 0.25) is 0 Å². The van der Waals surface area contributed by atoms with Crippen molar-refractivity contribution in [3.63, 3.8) is 0 Å². The molecule has 2 rings (SSSR count). The minimum absolute atomic E-state index is 0.228. The Hall–Kier alpha value is -0.280. The first-order valence-corrected chi connectivity index (χ1v) is 7.63. The number of rotatable bonds is 4. The van der Waals surface area contributed by atoms with E-state index in [9.17, 15) is 10.2 Å². The van der Waals surface area contributed by atoms with E-state index in [0.717, 1.165) is 31.2 Å². The highest BCUT2D eigenvalue weighted by Crippen LogP contribution is 2.29. The van der Waals surface area contributed by atoms with E-state index < -0.39 is 12.2 Å². The molecule has 2 N–H and O–H groups in total. The molecule has 1 aromatic carbocycles. The second-order valence-corrected chi connectivity index (χ2v) is 6.22. The second kappa shape index (κ2) is 6.94. The van der Waals surface area contributed by atoms with Crippen molar-refractivity contribution in [1.82, 2.24) is 0 Å². The van der Waals surface area contributed by atoms with E-state index in [1.54, 1.807) is 12.1 Å². The third-order valence-corrected chi connectivity index (χ3v) is 4.69. The fraction of sp³-hybridized carbons (Fsp3) is 0.600. The Labute approximate surface area is 124 Å². The lowest BCUT2D eigenvalue weighted by molar-refractivity contribution is -0.0263. The fourth-order valence-electron chi connectivity index (χ4n) is 2.82. The van der Waals surface area contributed by atoms with Gasteiger partial charge in [0.25, 0.3) is 0 Å². The van der Waals surface area contributed by atoms with E-state index in [1.165, 1.54) is 6.42 Å². The van der Waals surface area contributed by atoms with Crippen LogP contribution in [0.4, 0.5) is 0 Å². The lowest BCUT2D eigenvalue weighted by Gasteiger charge is -2.29. The largest absolute Gasteiger partial charge is 0.390 e. The van der Waals surface area contributed by atoms with E-state index in [0.29, 0.717) is 16.5 Å². The normalized spacial score (nSPS) is 20.2. The molecule has 0 amide bonds. The third-order valence-electron chi connectivity index (χ3n) is 3.96. The average Bonchev–Trinajstić information content (AvgIpc) is 2.43. The smallest absolute Gasteiger partial charge is 0.0842 e. The molecule has 0 heterocycles. The minimum Gasteiger partial charge on any atom is -0.390 e. The van der Waals surface area contributed by atoms with Gasteiger partial charge in [-0.05, 0) is 36.5 Å². The maximum absolute atomic E-state index is 10.2. The summed E-state index contributed by atoms with van der Waals surface area (Å²) in [5, 5.41) is 21.4. The Morgan fingerprint density at radius 1 is 1.05 bits per heavy atom. The quantitative estimate of drug-likeness (QED) is 0.887.